The number of methoxy groups -OCH3 is 1. The lowest BCUT2D eigenvalue weighted by Gasteiger charge is -2.25. The van der Waals surface area contributed by atoms with Crippen LogP contribution in [0.25, 0.3) is 10.9 Å². The minimum atomic E-state index is -5.61. The van der Waals surface area contributed by atoms with Crippen LogP contribution >= 0.6 is 7.60 Å². The number of halogens is 2. The molecule has 1 atom stereocenters. The molecule has 4 rings (SSSR count). The van der Waals surface area contributed by atoms with Gasteiger partial charge in [0.1, 0.15) is 17.7 Å². The number of H-pyrrole nitrogens is 1. The molecule has 48 heavy (non-hydrogen) atoms. The van der Waals surface area contributed by atoms with Gasteiger partial charge >= 0.3 is 13.3 Å². The number of anilines is 1. The number of nitrogens with one attached hydrogen (secondary N) is 2. The van der Waals surface area contributed by atoms with Crippen molar-refractivity contribution in [2.75, 3.05) is 52.8 Å². The highest BCUT2D eigenvalue weighted by atomic mass is 31.2. The standard InChI is InChI=1S/C12H22N2O2.C11H11F2N2O4P.C9H11NO2/c1-11(16)14(8-4-10-15)9-6-12-5-3-7-13(12)2;1-14-10(16)9-5-6-4-7(2-3-8(6)15-9)11(12,13)20(17,18)19;1-10(7-11)8-4-3-5-9(6-8)12-2/h10,12H,3-9H2,1-2H3;2-5,15H,1H3,(H,14,16)(H2,17,18,19);3-7H,1-2H3. The molecule has 264 valence electrons. The summed E-state index contributed by atoms with van der Waals surface area (Å²) in [6.45, 7) is 4.08. The number of nitrogens with zero attached hydrogens (tertiary/aromatic N) is 3. The van der Waals surface area contributed by atoms with Gasteiger partial charge in [-0.05, 0) is 63.2 Å². The molecule has 3 aromatic rings. The van der Waals surface area contributed by atoms with Crippen LogP contribution in [-0.2, 0) is 24.6 Å². The number of likely N-dealkylation sites (tertiary alicyclic amines) is 1. The fourth-order valence-electron chi connectivity index (χ4n) is 4.92. The molecule has 0 saturated carbocycles. The maximum atomic E-state index is 13.6. The second kappa shape index (κ2) is 18.4. The van der Waals surface area contributed by atoms with Gasteiger partial charge in [-0.2, -0.15) is 8.78 Å². The van der Waals surface area contributed by atoms with E-state index in [1.165, 1.54) is 43.5 Å². The average Bonchev–Trinajstić information content (AvgIpc) is 3.69. The Morgan fingerprint density at radius 1 is 1.17 bits per heavy atom. The highest BCUT2D eigenvalue weighted by Gasteiger charge is 2.50. The number of carbonyl (C=O) groups excluding carboxylic acids is 4. The van der Waals surface area contributed by atoms with Crippen molar-refractivity contribution in [2.45, 2.75) is 44.3 Å². The van der Waals surface area contributed by atoms with Crippen LogP contribution < -0.4 is 15.0 Å². The Kier molecular flexibility index (Phi) is 15.3. The van der Waals surface area contributed by atoms with E-state index in [-0.39, 0.29) is 17.0 Å². The number of hydrogen-bond acceptors (Lipinski definition) is 7. The fraction of sp³-hybridized carbons (Fsp3) is 0.438. The van der Waals surface area contributed by atoms with E-state index in [1.807, 2.05) is 18.2 Å². The van der Waals surface area contributed by atoms with Gasteiger partial charge in [0, 0.05) is 74.8 Å². The summed E-state index contributed by atoms with van der Waals surface area (Å²) in [7, 11) is 1.24. The molecule has 4 N–H and O–H groups in total. The first-order valence-corrected chi connectivity index (χ1v) is 16.7. The first-order valence-electron chi connectivity index (χ1n) is 15.1. The minimum Gasteiger partial charge on any atom is -0.497 e. The first-order chi connectivity index (χ1) is 22.6. The lowest BCUT2D eigenvalue weighted by atomic mass is 10.1. The summed E-state index contributed by atoms with van der Waals surface area (Å²) in [6.07, 6.45) is 5.59. The fourth-order valence-corrected chi connectivity index (χ4v) is 5.40. The first kappa shape index (κ1) is 40.0. The zero-order valence-electron chi connectivity index (χ0n) is 27.7. The van der Waals surface area contributed by atoms with E-state index in [2.05, 4.69) is 22.2 Å². The maximum absolute atomic E-state index is 13.6. The monoisotopic (exact) mass is 695 g/mol. The Hall–Kier alpha value is -4.17. The molecular weight excluding hydrogens is 651 g/mol. The van der Waals surface area contributed by atoms with Gasteiger partial charge in [0.15, 0.2) is 0 Å². The average molecular weight is 696 g/mol. The van der Waals surface area contributed by atoms with E-state index in [9.17, 15) is 32.5 Å². The zero-order valence-corrected chi connectivity index (χ0v) is 28.6. The van der Waals surface area contributed by atoms with Crippen molar-refractivity contribution < 1.29 is 47.0 Å². The van der Waals surface area contributed by atoms with Gasteiger partial charge in [0.05, 0.1) is 7.11 Å². The van der Waals surface area contributed by atoms with Crippen LogP contribution in [0.15, 0.2) is 48.5 Å². The van der Waals surface area contributed by atoms with Crippen LogP contribution in [0.1, 0.15) is 48.7 Å². The summed E-state index contributed by atoms with van der Waals surface area (Å²) in [5.74, 6) is 0.396. The molecule has 0 radical (unpaired) electrons. The summed E-state index contributed by atoms with van der Waals surface area (Å²) in [5, 5.41) is 2.63. The second-order valence-electron chi connectivity index (χ2n) is 11.1. The summed E-state index contributed by atoms with van der Waals surface area (Å²) in [6, 6.07) is 12.3. The number of aldehydes is 1. The van der Waals surface area contributed by atoms with Crippen LogP contribution in [-0.4, -0.2) is 103 Å². The van der Waals surface area contributed by atoms with E-state index >= 15 is 0 Å². The topological polar surface area (TPSA) is 173 Å². The van der Waals surface area contributed by atoms with E-state index in [1.54, 1.807) is 32.0 Å². The third kappa shape index (κ3) is 11.2. The van der Waals surface area contributed by atoms with Crippen LogP contribution in [0.3, 0.4) is 0 Å². The zero-order chi connectivity index (χ0) is 36.1. The Bertz CT molecular complexity index is 1580. The van der Waals surface area contributed by atoms with Crippen molar-refractivity contribution in [3.05, 3.63) is 59.8 Å². The van der Waals surface area contributed by atoms with Crippen molar-refractivity contribution in [2.24, 2.45) is 0 Å². The van der Waals surface area contributed by atoms with E-state index in [0.29, 0.717) is 24.5 Å². The number of ether oxygens (including phenoxy) is 1. The Morgan fingerprint density at radius 3 is 2.42 bits per heavy atom. The number of rotatable bonds is 12. The number of aromatic amines is 1. The highest BCUT2D eigenvalue weighted by Crippen LogP contribution is 2.59. The number of aromatic nitrogens is 1. The van der Waals surface area contributed by atoms with Gasteiger partial charge in [0.2, 0.25) is 12.3 Å². The largest absolute Gasteiger partial charge is 0.497 e. The number of amides is 3. The lowest BCUT2D eigenvalue weighted by Crippen LogP contribution is -2.35. The summed E-state index contributed by atoms with van der Waals surface area (Å²) >= 11 is 0. The number of alkyl halides is 2. The highest BCUT2D eigenvalue weighted by molar-refractivity contribution is 7.52. The Morgan fingerprint density at radius 2 is 1.88 bits per heavy atom. The molecule has 0 aliphatic carbocycles. The Labute approximate surface area is 278 Å². The van der Waals surface area contributed by atoms with Crippen LogP contribution in [0.4, 0.5) is 14.5 Å². The van der Waals surface area contributed by atoms with Crippen LogP contribution in [0.5, 0.6) is 5.75 Å². The van der Waals surface area contributed by atoms with Crippen LogP contribution in [0.2, 0.25) is 0 Å². The molecule has 1 aliphatic heterocycles. The molecule has 16 heteroatoms. The number of carbonyl (C=O) groups is 4. The molecular formula is C32H44F2N5O8P. The van der Waals surface area contributed by atoms with Gasteiger partial charge < -0.3 is 44.3 Å². The molecule has 13 nitrogen and oxygen atoms in total. The van der Waals surface area contributed by atoms with Crippen molar-refractivity contribution >= 4 is 48.7 Å². The molecule has 2 aromatic carbocycles. The van der Waals surface area contributed by atoms with Gasteiger partial charge in [-0.15, -0.1) is 0 Å². The molecule has 1 fully saturated rings. The normalized spacial score (nSPS) is 14.6. The maximum Gasteiger partial charge on any atom is 0.399 e. The molecule has 0 bridgehead atoms. The predicted octanol–water partition coefficient (Wildman–Crippen LogP) is 3.95. The SMILES string of the molecule is CC(=O)N(CCC=O)CCC1CCCN1C.CNC(=O)c1cc2cc(C(F)(F)P(=O)(O)O)ccc2[nH]1.COc1cccc(N(C)C=O)c1. The molecule has 1 aromatic heterocycles. The Balaban J connectivity index is 0.000000259. The van der Waals surface area contributed by atoms with Crippen molar-refractivity contribution in [1.29, 1.82) is 0 Å². The molecule has 2 heterocycles. The number of hydrogen-bond donors (Lipinski definition) is 4. The molecule has 1 saturated heterocycles. The van der Waals surface area contributed by atoms with E-state index in [0.717, 1.165) is 49.2 Å². The summed E-state index contributed by atoms with van der Waals surface area (Å²) in [4.78, 5) is 69.2. The molecule has 3 amide bonds. The summed E-state index contributed by atoms with van der Waals surface area (Å²) in [5.41, 5.74) is -3.68. The van der Waals surface area contributed by atoms with Gasteiger partial charge in [-0.3, -0.25) is 18.9 Å². The molecule has 1 aliphatic rings. The van der Waals surface area contributed by atoms with E-state index in [4.69, 9.17) is 14.5 Å². The third-order valence-electron chi connectivity index (χ3n) is 7.79. The molecule has 1 unspecified atom stereocenters. The smallest absolute Gasteiger partial charge is 0.399 e. The summed E-state index contributed by atoms with van der Waals surface area (Å²) < 4.78 is 43.0. The van der Waals surface area contributed by atoms with Crippen LogP contribution in [0, 0.1) is 0 Å². The van der Waals surface area contributed by atoms with E-state index < -0.39 is 24.7 Å². The van der Waals surface area contributed by atoms with Gasteiger partial charge in [-0.1, -0.05) is 12.1 Å². The molecule has 0 spiro atoms. The van der Waals surface area contributed by atoms with Crippen molar-refractivity contribution in [1.82, 2.24) is 20.1 Å². The predicted molar refractivity (Wildman–Crippen MR) is 178 cm³/mol. The van der Waals surface area contributed by atoms with Crippen molar-refractivity contribution in [3.63, 3.8) is 0 Å². The number of fused-ring (bicyclic) bond motifs is 1. The number of benzene rings is 2. The van der Waals surface area contributed by atoms with Crippen molar-refractivity contribution in [3.8, 4) is 5.75 Å². The second-order valence-corrected chi connectivity index (χ2v) is 12.7. The van der Waals surface area contributed by atoms with Gasteiger partial charge in [0.25, 0.3) is 5.91 Å². The quantitative estimate of drug-likeness (QED) is 0.162. The van der Waals surface area contributed by atoms with Gasteiger partial charge in [-0.25, -0.2) is 0 Å². The lowest BCUT2D eigenvalue weighted by molar-refractivity contribution is -0.129. The third-order valence-corrected chi connectivity index (χ3v) is 8.78. The minimum absolute atomic E-state index is 0.0718.